The molecule has 8 unspecified atom stereocenters. The third kappa shape index (κ3) is 5.81. The van der Waals surface area contributed by atoms with E-state index in [0.29, 0.717) is 12.0 Å². The summed E-state index contributed by atoms with van der Waals surface area (Å²) in [5.41, 5.74) is 1.37. The van der Waals surface area contributed by atoms with Crippen LogP contribution in [-0.2, 0) is 14.3 Å². The molecule has 9 nitrogen and oxygen atoms in total. The number of carbonyl (C=O) groups excluding carboxylic acids is 1. The molecule has 0 spiro atoms. The van der Waals surface area contributed by atoms with Crippen LogP contribution in [0.4, 0.5) is 0 Å². The molecule has 6 N–H and O–H groups in total. The molecule has 0 radical (unpaired) electrons. The molecular weight excluding hydrogens is 420 g/mol. The number of hydrogen-bond donors (Lipinski definition) is 6. The van der Waals surface area contributed by atoms with E-state index in [0.717, 1.165) is 5.56 Å². The van der Waals surface area contributed by atoms with Gasteiger partial charge in [0.15, 0.2) is 6.10 Å². The van der Waals surface area contributed by atoms with Crippen LogP contribution in [0.1, 0.15) is 24.0 Å². The van der Waals surface area contributed by atoms with Gasteiger partial charge in [-0.05, 0) is 24.1 Å². The minimum absolute atomic E-state index is 0.181. The third-order valence-electron chi connectivity index (χ3n) is 5.51. The number of hydrogen-bond acceptors (Lipinski definition) is 9. The molecule has 0 bridgehead atoms. The predicted molar refractivity (Wildman–Crippen MR) is 112 cm³/mol. The Morgan fingerprint density at radius 1 is 1.03 bits per heavy atom. The van der Waals surface area contributed by atoms with Crippen molar-refractivity contribution in [1.82, 2.24) is 0 Å². The maximum absolute atomic E-state index is 12.1. The van der Waals surface area contributed by atoms with Gasteiger partial charge in [-0.2, -0.15) is 0 Å². The molecule has 8 atom stereocenters. The molecule has 0 saturated carbocycles. The largest absolute Gasteiger partial charge is 0.394 e. The molecule has 174 valence electrons. The lowest BCUT2D eigenvalue weighted by atomic mass is 9.96. The summed E-state index contributed by atoms with van der Waals surface area (Å²) in [5, 5.41) is 58.0. The molecule has 2 saturated heterocycles. The van der Waals surface area contributed by atoms with Crippen molar-refractivity contribution < 1.29 is 44.9 Å². The minimum Gasteiger partial charge on any atom is -0.394 e. The zero-order chi connectivity index (χ0) is 23.3. The molecule has 2 aliphatic rings. The zero-order valence-electron chi connectivity index (χ0n) is 17.3. The second-order valence-corrected chi connectivity index (χ2v) is 7.88. The van der Waals surface area contributed by atoms with Crippen LogP contribution in [0.2, 0.25) is 0 Å². The van der Waals surface area contributed by atoms with Crippen molar-refractivity contribution in [3.63, 3.8) is 0 Å². The summed E-state index contributed by atoms with van der Waals surface area (Å²) in [6, 6.07) is 7.08. The third-order valence-corrected chi connectivity index (χ3v) is 5.51. The van der Waals surface area contributed by atoms with Gasteiger partial charge in [-0.3, -0.25) is 4.79 Å². The van der Waals surface area contributed by atoms with Crippen molar-refractivity contribution in [2.24, 2.45) is 0 Å². The van der Waals surface area contributed by atoms with Crippen LogP contribution in [0.5, 0.6) is 0 Å². The molecule has 0 aliphatic carbocycles. The van der Waals surface area contributed by atoms with Crippen LogP contribution in [0.3, 0.4) is 0 Å². The Hall–Kier alpha value is -2.13. The normalized spacial score (nSPS) is 35.5. The molecule has 2 fully saturated rings. The van der Waals surface area contributed by atoms with Crippen LogP contribution in [0.25, 0.3) is 6.08 Å². The zero-order valence-corrected chi connectivity index (χ0v) is 17.3. The number of carbonyl (C=O) groups is 1. The van der Waals surface area contributed by atoms with E-state index in [9.17, 15) is 35.4 Å². The molecule has 9 heteroatoms. The first kappa shape index (κ1) is 24.5. The summed E-state index contributed by atoms with van der Waals surface area (Å²) in [6.45, 7) is -0.785. The molecule has 0 amide bonds. The number of rotatable bonds is 5. The lowest BCUT2D eigenvalue weighted by molar-refractivity contribution is -0.179. The fraction of sp³-hybridized carbons (Fsp3) is 0.522. The van der Waals surface area contributed by atoms with E-state index in [2.05, 4.69) is 11.8 Å². The van der Waals surface area contributed by atoms with Crippen LogP contribution in [-0.4, -0.2) is 98.5 Å². The Labute approximate surface area is 185 Å². The van der Waals surface area contributed by atoms with Crippen molar-refractivity contribution in [1.29, 1.82) is 0 Å². The van der Waals surface area contributed by atoms with Crippen LogP contribution < -0.4 is 0 Å². The quantitative estimate of drug-likeness (QED) is 0.291. The van der Waals surface area contributed by atoms with E-state index >= 15 is 0 Å². The number of aliphatic hydroxyl groups excluding tert-OH is 6. The minimum atomic E-state index is -1.67. The fourth-order valence-electron chi connectivity index (χ4n) is 3.66. The van der Waals surface area contributed by atoms with E-state index in [1.165, 1.54) is 0 Å². The first-order chi connectivity index (χ1) is 15.3. The van der Waals surface area contributed by atoms with Crippen LogP contribution in [0.15, 0.2) is 30.3 Å². The van der Waals surface area contributed by atoms with Crippen molar-refractivity contribution >= 4 is 11.9 Å². The van der Waals surface area contributed by atoms with Crippen molar-refractivity contribution in [2.75, 3.05) is 13.2 Å². The molecule has 32 heavy (non-hydrogen) atoms. The van der Waals surface area contributed by atoms with Crippen molar-refractivity contribution in [2.45, 2.75) is 61.7 Å². The van der Waals surface area contributed by atoms with Crippen molar-refractivity contribution in [3.05, 3.63) is 41.5 Å². The Balaban J connectivity index is 1.64. The highest BCUT2D eigenvalue weighted by Crippen LogP contribution is 2.23. The number of ketones is 1. The van der Waals surface area contributed by atoms with E-state index in [1.807, 2.05) is 6.07 Å². The van der Waals surface area contributed by atoms with Gasteiger partial charge in [0, 0.05) is 12.0 Å². The first-order valence-corrected chi connectivity index (χ1v) is 10.4. The average molecular weight is 448 g/mol. The summed E-state index contributed by atoms with van der Waals surface area (Å²) in [4.78, 5) is 12.1. The smallest absolute Gasteiger partial charge is 0.204 e. The van der Waals surface area contributed by atoms with Crippen LogP contribution >= 0.6 is 0 Å². The maximum Gasteiger partial charge on any atom is 0.204 e. The topological polar surface area (TPSA) is 157 Å². The monoisotopic (exact) mass is 448 g/mol. The standard InChI is InChI=1S/C23H28O9/c24-11-15-10-16(26)20(27)17(31-15)6-2-5-13-3-1-4-14(9-13)7-8-18-21(28)23(30)22(29)19(12-25)32-18/h1-5,9,15-20,22-27,29-30H,6,10-12H2. The summed E-state index contributed by atoms with van der Waals surface area (Å²) in [5.74, 6) is 4.67. The van der Waals surface area contributed by atoms with Crippen LogP contribution in [0, 0.1) is 11.8 Å². The number of aliphatic hydroxyl groups is 6. The number of Topliss-reactive ketones (excluding diaryl/α,β-unsaturated/α-hetero) is 1. The number of ether oxygens (including phenoxy) is 2. The molecule has 3 rings (SSSR count). The maximum atomic E-state index is 12.1. The Morgan fingerprint density at radius 2 is 1.81 bits per heavy atom. The molecular formula is C23H28O9. The molecule has 0 aromatic heterocycles. The molecule has 1 aromatic carbocycles. The second kappa shape index (κ2) is 11.1. The second-order valence-electron chi connectivity index (χ2n) is 7.88. The van der Waals surface area contributed by atoms with E-state index in [4.69, 9.17) is 9.47 Å². The summed E-state index contributed by atoms with van der Waals surface area (Å²) < 4.78 is 10.9. The Kier molecular flexibility index (Phi) is 8.53. The van der Waals surface area contributed by atoms with E-state index < -0.39 is 61.2 Å². The SMILES string of the molecule is O=C1C(C#Cc2cccc(C=CCC3OC(CO)CC(O)C3O)c2)OC(CO)C(O)C1O. The van der Waals surface area contributed by atoms with Gasteiger partial charge < -0.3 is 40.1 Å². The van der Waals surface area contributed by atoms with Gasteiger partial charge in [0.05, 0.1) is 31.5 Å². The molecule has 2 aliphatic heterocycles. The van der Waals surface area contributed by atoms with Gasteiger partial charge in [0.1, 0.15) is 24.4 Å². The highest BCUT2D eigenvalue weighted by Gasteiger charge is 2.42. The predicted octanol–water partition coefficient (Wildman–Crippen LogP) is -1.64. The highest BCUT2D eigenvalue weighted by atomic mass is 16.5. The fourth-order valence-corrected chi connectivity index (χ4v) is 3.66. The Morgan fingerprint density at radius 3 is 2.53 bits per heavy atom. The van der Waals surface area contributed by atoms with Gasteiger partial charge in [0.25, 0.3) is 0 Å². The molecule has 1 aromatic rings. The summed E-state index contributed by atoms with van der Waals surface area (Å²) in [7, 11) is 0. The van der Waals surface area contributed by atoms with Gasteiger partial charge in [-0.25, -0.2) is 0 Å². The number of benzene rings is 1. The average Bonchev–Trinajstić information content (AvgIpc) is 2.80. The first-order valence-electron chi connectivity index (χ1n) is 10.4. The van der Waals surface area contributed by atoms with E-state index in [-0.39, 0.29) is 13.0 Å². The summed E-state index contributed by atoms with van der Waals surface area (Å²) in [6.07, 6.45) is -4.58. The van der Waals surface area contributed by atoms with Crippen molar-refractivity contribution in [3.8, 4) is 11.8 Å². The van der Waals surface area contributed by atoms with E-state index in [1.54, 1.807) is 30.4 Å². The lowest BCUT2D eigenvalue weighted by Gasteiger charge is -2.36. The Bertz CT molecular complexity index is 874. The lowest BCUT2D eigenvalue weighted by Crippen LogP contribution is -2.55. The van der Waals surface area contributed by atoms with Gasteiger partial charge in [-0.15, -0.1) is 0 Å². The van der Waals surface area contributed by atoms with Gasteiger partial charge in [-0.1, -0.05) is 36.1 Å². The summed E-state index contributed by atoms with van der Waals surface area (Å²) >= 11 is 0. The highest BCUT2D eigenvalue weighted by molar-refractivity contribution is 5.91. The van der Waals surface area contributed by atoms with Gasteiger partial charge in [0.2, 0.25) is 5.78 Å². The van der Waals surface area contributed by atoms with Gasteiger partial charge >= 0.3 is 0 Å². The molecule has 2 heterocycles.